The molecule has 1 aromatic rings. The van der Waals surface area contributed by atoms with Gasteiger partial charge in [0.1, 0.15) is 6.20 Å². The van der Waals surface area contributed by atoms with E-state index in [4.69, 9.17) is 0 Å². The minimum absolute atomic E-state index is 0.169. The zero-order chi connectivity index (χ0) is 14.7. The number of hydrazone groups is 1. The minimum Gasteiger partial charge on any atom is -0.390 e. The molecule has 0 N–H and O–H groups in total. The van der Waals surface area contributed by atoms with Crippen LogP contribution in [0.1, 0.15) is 18.5 Å². The Morgan fingerprint density at radius 3 is 2.65 bits per heavy atom. The predicted octanol–water partition coefficient (Wildman–Crippen LogP) is 0.688. The van der Waals surface area contributed by atoms with E-state index in [1.54, 1.807) is 13.3 Å². The Morgan fingerprint density at radius 1 is 1.50 bits per heavy atom. The highest BCUT2D eigenvalue weighted by molar-refractivity contribution is 5.77. The van der Waals surface area contributed by atoms with Crippen LogP contribution in [0, 0.1) is 10.1 Å². The first-order chi connectivity index (χ1) is 9.49. The monoisotopic (exact) mass is 280 g/mol. The molecule has 8 nitrogen and oxygen atoms in total. The lowest BCUT2D eigenvalue weighted by Crippen LogP contribution is -2.39. The number of imidazole rings is 1. The van der Waals surface area contributed by atoms with Crippen molar-refractivity contribution in [1.82, 2.24) is 19.5 Å². The van der Waals surface area contributed by atoms with Crippen LogP contribution in [0.3, 0.4) is 0 Å². The molecule has 0 aliphatic carbocycles. The van der Waals surface area contributed by atoms with Crippen LogP contribution in [0.25, 0.3) is 0 Å². The fourth-order valence-electron chi connectivity index (χ4n) is 2.33. The van der Waals surface area contributed by atoms with Crippen LogP contribution in [0.2, 0.25) is 0 Å². The van der Waals surface area contributed by atoms with Crippen molar-refractivity contribution >= 4 is 12.2 Å². The van der Waals surface area contributed by atoms with Crippen molar-refractivity contribution in [3.63, 3.8) is 0 Å². The normalized spacial score (nSPS) is 17.3. The van der Waals surface area contributed by atoms with E-state index in [1.165, 1.54) is 10.8 Å². The molecule has 0 spiro atoms. The van der Waals surface area contributed by atoms with Crippen molar-refractivity contribution in [3.05, 3.63) is 22.0 Å². The predicted molar refractivity (Wildman–Crippen MR) is 75.7 cm³/mol. The standard InChI is InChI=1S/C12H20N6O2/c1-15(2)10-4-6-17(7-5-10)14-9-11-8-13-12(16(11)3)18(19)20/h8-10H,4-7H2,1-3H3/b14-9+. The van der Waals surface area contributed by atoms with Crippen molar-refractivity contribution in [3.8, 4) is 0 Å². The summed E-state index contributed by atoms with van der Waals surface area (Å²) in [6, 6.07) is 0.610. The molecule has 0 bridgehead atoms. The van der Waals surface area contributed by atoms with E-state index in [1.807, 2.05) is 5.01 Å². The summed E-state index contributed by atoms with van der Waals surface area (Å²) in [5, 5.41) is 17.1. The van der Waals surface area contributed by atoms with E-state index in [0.29, 0.717) is 11.7 Å². The van der Waals surface area contributed by atoms with Gasteiger partial charge in [0.25, 0.3) is 0 Å². The van der Waals surface area contributed by atoms with Gasteiger partial charge in [-0.3, -0.25) is 5.01 Å². The van der Waals surface area contributed by atoms with Crippen LogP contribution >= 0.6 is 0 Å². The fourth-order valence-corrected chi connectivity index (χ4v) is 2.33. The van der Waals surface area contributed by atoms with E-state index in [9.17, 15) is 10.1 Å². The zero-order valence-corrected chi connectivity index (χ0v) is 12.1. The molecule has 1 aliphatic rings. The third kappa shape index (κ3) is 3.13. The van der Waals surface area contributed by atoms with Crippen molar-refractivity contribution in [2.45, 2.75) is 18.9 Å². The molecule has 0 atom stereocenters. The molecule has 0 unspecified atom stereocenters. The van der Waals surface area contributed by atoms with Crippen molar-refractivity contribution in [2.24, 2.45) is 12.1 Å². The molecule has 2 heterocycles. The van der Waals surface area contributed by atoms with E-state index >= 15 is 0 Å². The Kier molecular flexibility index (Phi) is 4.33. The summed E-state index contributed by atoms with van der Waals surface area (Å²) in [6.07, 6.45) is 5.26. The van der Waals surface area contributed by atoms with E-state index < -0.39 is 4.92 Å². The van der Waals surface area contributed by atoms with Gasteiger partial charge in [0.2, 0.25) is 0 Å². The number of rotatable bonds is 4. The van der Waals surface area contributed by atoms with Gasteiger partial charge in [-0.05, 0) is 31.9 Å². The molecule has 1 aromatic heterocycles. The van der Waals surface area contributed by atoms with Gasteiger partial charge in [-0.25, -0.2) is 4.57 Å². The summed E-state index contributed by atoms with van der Waals surface area (Å²) in [5.41, 5.74) is 0.631. The summed E-state index contributed by atoms with van der Waals surface area (Å²) in [6.45, 7) is 1.80. The average Bonchev–Trinajstić information content (AvgIpc) is 2.78. The highest BCUT2D eigenvalue weighted by atomic mass is 16.6. The zero-order valence-electron chi connectivity index (χ0n) is 12.1. The first-order valence-electron chi connectivity index (χ1n) is 6.60. The van der Waals surface area contributed by atoms with E-state index in [0.717, 1.165) is 25.9 Å². The average molecular weight is 280 g/mol. The first-order valence-corrected chi connectivity index (χ1v) is 6.60. The Bertz CT molecular complexity index is 502. The van der Waals surface area contributed by atoms with Crippen LogP contribution in [-0.2, 0) is 7.05 Å². The third-order valence-corrected chi connectivity index (χ3v) is 3.69. The second kappa shape index (κ2) is 6.00. The number of aromatic nitrogens is 2. The molecule has 1 aliphatic heterocycles. The van der Waals surface area contributed by atoms with Crippen LogP contribution in [0.15, 0.2) is 11.3 Å². The number of hydrogen-bond donors (Lipinski definition) is 0. The topological polar surface area (TPSA) is 79.8 Å². The summed E-state index contributed by atoms with van der Waals surface area (Å²) in [7, 11) is 5.81. The number of piperidine rings is 1. The van der Waals surface area contributed by atoms with Gasteiger partial charge in [0.05, 0.1) is 13.3 Å². The molecule has 1 saturated heterocycles. The first kappa shape index (κ1) is 14.4. The van der Waals surface area contributed by atoms with Crippen molar-refractivity contribution < 1.29 is 4.92 Å². The van der Waals surface area contributed by atoms with Gasteiger partial charge >= 0.3 is 5.95 Å². The van der Waals surface area contributed by atoms with Gasteiger partial charge in [0, 0.05) is 19.1 Å². The number of hydrogen-bond acceptors (Lipinski definition) is 6. The molecule has 2 rings (SSSR count). The SMILES string of the molecule is CN(C)C1CCN(/N=C/c2cnc([N+](=O)[O-])n2C)CC1. The van der Waals surface area contributed by atoms with Crippen molar-refractivity contribution in [1.29, 1.82) is 0 Å². The van der Waals surface area contributed by atoms with Crippen LogP contribution in [-0.4, -0.2) is 63.8 Å². The molecule has 8 heteroatoms. The molecule has 0 radical (unpaired) electrons. The minimum atomic E-state index is -0.500. The maximum absolute atomic E-state index is 10.7. The third-order valence-electron chi connectivity index (χ3n) is 3.69. The van der Waals surface area contributed by atoms with Crippen LogP contribution in [0.4, 0.5) is 5.95 Å². The Hall–Kier alpha value is -1.96. The summed E-state index contributed by atoms with van der Waals surface area (Å²) in [5.74, 6) is -0.169. The maximum atomic E-state index is 10.7. The van der Waals surface area contributed by atoms with Crippen molar-refractivity contribution in [2.75, 3.05) is 27.2 Å². The van der Waals surface area contributed by atoms with E-state index in [-0.39, 0.29) is 5.95 Å². The molecule has 20 heavy (non-hydrogen) atoms. The summed E-state index contributed by atoms with van der Waals surface area (Å²) in [4.78, 5) is 16.2. The van der Waals surface area contributed by atoms with Gasteiger partial charge < -0.3 is 15.0 Å². The molecule has 0 amide bonds. The Morgan fingerprint density at radius 2 is 2.15 bits per heavy atom. The molecular weight excluding hydrogens is 260 g/mol. The van der Waals surface area contributed by atoms with Gasteiger partial charge in [-0.15, -0.1) is 0 Å². The molecule has 0 saturated carbocycles. The lowest BCUT2D eigenvalue weighted by molar-refractivity contribution is -0.396. The summed E-state index contributed by atoms with van der Waals surface area (Å²) < 4.78 is 1.43. The maximum Gasteiger partial charge on any atom is 0.434 e. The highest BCUT2D eigenvalue weighted by Crippen LogP contribution is 2.14. The van der Waals surface area contributed by atoms with Gasteiger partial charge in [-0.1, -0.05) is 4.98 Å². The second-order valence-electron chi connectivity index (χ2n) is 5.19. The Labute approximate surface area is 117 Å². The van der Waals surface area contributed by atoms with Gasteiger partial charge in [0.15, 0.2) is 5.69 Å². The smallest absolute Gasteiger partial charge is 0.390 e. The largest absolute Gasteiger partial charge is 0.434 e. The summed E-state index contributed by atoms with van der Waals surface area (Å²) >= 11 is 0. The van der Waals surface area contributed by atoms with Crippen LogP contribution in [0.5, 0.6) is 0 Å². The number of nitro groups is 1. The Balaban J connectivity index is 1.96. The van der Waals surface area contributed by atoms with Gasteiger partial charge in [-0.2, -0.15) is 5.10 Å². The lowest BCUT2D eigenvalue weighted by atomic mass is 10.1. The number of nitrogens with zero attached hydrogens (tertiary/aromatic N) is 6. The molecule has 110 valence electrons. The highest BCUT2D eigenvalue weighted by Gasteiger charge is 2.20. The van der Waals surface area contributed by atoms with E-state index in [2.05, 4.69) is 29.1 Å². The molecule has 1 fully saturated rings. The molecule has 0 aromatic carbocycles. The molecular formula is C12H20N6O2. The lowest BCUT2D eigenvalue weighted by Gasteiger charge is -2.33. The second-order valence-corrected chi connectivity index (χ2v) is 5.19. The fraction of sp³-hybridized carbons (Fsp3) is 0.667. The van der Waals surface area contributed by atoms with Crippen LogP contribution < -0.4 is 0 Å². The quantitative estimate of drug-likeness (QED) is 0.460.